The molecule has 1 heterocycles. The van der Waals surface area contributed by atoms with Crippen LogP contribution in [0.1, 0.15) is 50.0 Å². The fourth-order valence-electron chi connectivity index (χ4n) is 2.84. The van der Waals surface area contributed by atoms with Gasteiger partial charge in [-0.05, 0) is 44.9 Å². The summed E-state index contributed by atoms with van der Waals surface area (Å²) in [6, 6.07) is 3.15. The summed E-state index contributed by atoms with van der Waals surface area (Å²) in [6.45, 7) is 9.23. The number of benzene rings is 1. The number of carbonyl (C=O) groups is 1. The summed E-state index contributed by atoms with van der Waals surface area (Å²) < 4.78 is 13.9. The zero-order valence-corrected chi connectivity index (χ0v) is 12.0. The Morgan fingerprint density at radius 3 is 2.63 bits per heavy atom. The molecule has 1 aliphatic heterocycles. The van der Waals surface area contributed by atoms with E-state index in [2.05, 4.69) is 31.7 Å². The van der Waals surface area contributed by atoms with Crippen molar-refractivity contribution in [2.75, 3.05) is 11.4 Å². The van der Waals surface area contributed by atoms with Crippen molar-refractivity contribution in [1.29, 1.82) is 0 Å². The number of allylic oxidation sites excluding steroid dienone is 1. The fourth-order valence-corrected chi connectivity index (χ4v) is 2.84. The SMILES string of the molecule is CCCN1c2cc(F)c(C=O)cc2C(C)=CC1(C)C. The monoisotopic (exact) mass is 261 g/mol. The van der Waals surface area contributed by atoms with Crippen molar-refractivity contribution in [1.82, 2.24) is 0 Å². The number of halogens is 1. The lowest BCUT2D eigenvalue weighted by Crippen LogP contribution is -2.45. The zero-order valence-electron chi connectivity index (χ0n) is 12.0. The van der Waals surface area contributed by atoms with Crippen LogP contribution in [0.5, 0.6) is 0 Å². The average molecular weight is 261 g/mol. The van der Waals surface area contributed by atoms with Gasteiger partial charge in [0.05, 0.1) is 11.1 Å². The first-order chi connectivity index (χ1) is 8.90. The van der Waals surface area contributed by atoms with Crippen LogP contribution in [0.15, 0.2) is 18.2 Å². The van der Waals surface area contributed by atoms with Crippen LogP contribution in [-0.4, -0.2) is 18.4 Å². The first-order valence-corrected chi connectivity index (χ1v) is 6.67. The minimum Gasteiger partial charge on any atom is -0.362 e. The highest BCUT2D eigenvalue weighted by Crippen LogP contribution is 2.39. The number of rotatable bonds is 3. The van der Waals surface area contributed by atoms with Gasteiger partial charge in [-0.1, -0.05) is 13.0 Å². The molecule has 102 valence electrons. The maximum absolute atomic E-state index is 13.9. The first-order valence-electron chi connectivity index (χ1n) is 6.67. The van der Waals surface area contributed by atoms with Gasteiger partial charge in [0.15, 0.2) is 6.29 Å². The molecule has 0 spiro atoms. The van der Waals surface area contributed by atoms with Crippen molar-refractivity contribution in [2.24, 2.45) is 0 Å². The van der Waals surface area contributed by atoms with Crippen molar-refractivity contribution >= 4 is 17.5 Å². The van der Waals surface area contributed by atoms with E-state index in [1.807, 2.05) is 6.92 Å². The summed E-state index contributed by atoms with van der Waals surface area (Å²) in [6.07, 6.45) is 3.75. The van der Waals surface area contributed by atoms with Crippen molar-refractivity contribution < 1.29 is 9.18 Å². The van der Waals surface area contributed by atoms with Gasteiger partial charge in [0.25, 0.3) is 0 Å². The number of fused-ring (bicyclic) bond motifs is 1. The summed E-state index contributed by atoms with van der Waals surface area (Å²) in [4.78, 5) is 13.1. The highest BCUT2D eigenvalue weighted by Gasteiger charge is 2.31. The Hall–Kier alpha value is -1.64. The normalized spacial score (nSPS) is 16.9. The molecule has 3 heteroatoms. The van der Waals surface area contributed by atoms with E-state index in [0.29, 0.717) is 6.29 Å². The maximum atomic E-state index is 13.9. The molecule has 0 aromatic heterocycles. The van der Waals surface area contributed by atoms with Gasteiger partial charge < -0.3 is 4.90 Å². The number of aldehydes is 1. The van der Waals surface area contributed by atoms with Crippen LogP contribution in [0.4, 0.5) is 10.1 Å². The highest BCUT2D eigenvalue weighted by molar-refractivity contribution is 5.86. The third-order valence-corrected chi connectivity index (χ3v) is 3.67. The number of nitrogens with zero attached hydrogens (tertiary/aromatic N) is 1. The Morgan fingerprint density at radius 2 is 2.05 bits per heavy atom. The van der Waals surface area contributed by atoms with Crippen molar-refractivity contribution in [3.05, 3.63) is 35.2 Å². The second-order valence-electron chi connectivity index (χ2n) is 5.64. The van der Waals surface area contributed by atoms with E-state index in [1.165, 1.54) is 6.07 Å². The van der Waals surface area contributed by atoms with Crippen molar-refractivity contribution in [2.45, 2.75) is 39.7 Å². The molecule has 0 saturated heterocycles. The molecular formula is C16H20FNO. The Kier molecular flexibility index (Phi) is 3.48. The van der Waals surface area contributed by atoms with Gasteiger partial charge in [0, 0.05) is 17.8 Å². The Morgan fingerprint density at radius 1 is 1.37 bits per heavy atom. The summed E-state index contributed by atoms with van der Waals surface area (Å²) in [5.41, 5.74) is 2.92. The lowest BCUT2D eigenvalue weighted by molar-refractivity contribution is 0.112. The van der Waals surface area contributed by atoms with Crippen LogP contribution in [-0.2, 0) is 0 Å². The van der Waals surface area contributed by atoms with Gasteiger partial charge in [0.2, 0.25) is 0 Å². The molecule has 1 aromatic rings. The van der Waals surface area contributed by atoms with Crippen LogP contribution in [0.3, 0.4) is 0 Å². The molecule has 0 aliphatic carbocycles. The molecule has 0 N–H and O–H groups in total. The van der Waals surface area contributed by atoms with Gasteiger partial charge in [-0.15, -0.1) is 0 Å². The zero-order chi connectivity index (χ0) is 14.2. The van der Waals surface area contributed by atoms with Crippen LogP contribution in [0.2, 0.25) is 0 Å². The molecule has 19 heavy (non-hydrogen) atoms. The smallest absolute Gasteiger partial charge is 0.153 e. The molecule has 2 rings (SSSR count). The second-order valence-corrected chi connectivity index (χ2v) is 5.64. The third-order valence-electron chi connectivity index (χ3n) is 3.67. The summed E-state index contributed by atoms with van der Waals surface area (Å²) in [5, 5.41) is 0. The van der Waals surface area contributed by atoms with E-state index < -0.39 is 5.82 Å². The van der Waals surface area contributed by atoms with E-state index >= 15 is 0 Å². The van der Waals surface area contributed by atoms with Crippen molar-refractivity contribution in [3.63, 3.8) is 0 Å². The molecule has 2 nitrogen and oxygen atoms in total. The lowest BCUT2D eigenvalue weighted by Gasteiger charge is -2.43. The third kappa shape index (κ3) is 2.29. The van der Waals surface area contributed by atoms with Gasteiger partial charge in [-0.25, -0.2) is 4.39 Å². The summed E-state index contributed by atoms with van der Waals surface area (Å²) in [5.74, 6) is -0.444. The van der Waals surface area contributed by atoms with E-state index in [-0.39, 0.29) is 11.1 Å². The standard InChI is InChI=1S/C16H20FNO/c1-5-6-18-15-8-14(17)12(10-19)7-13(15)11(2)9-16(18,3)4/h7-10H,5-6H2,1-4H3. The molecule has 0 atom stereocenters. The first kappa shape index (κ1) is 13.8. The van der Waals surface area contributed by atoms with Gasteiger partial charge >= 0.3 is 0 Å². The molecule has 1 aliphatic rings. The number of anilines is 1. The van der Waals surface area contributed by atoms with Gasteiger partial charge in [-0.2, -0.15) is 0 Å². The largest absolute Gasteiger partial charge is 0.362 e. The predicted octanol–water partition coefficient (Wildman–Crippen LogP) is 4.05. The van der Waals surface area contributed by atoms with E-state index in [4.69, 9.17) is 0 Å². The maximum Gasteiger partial charge on any atom is 0.153 e. The quantitative estimate of drug-likeness (QED) is 0.765. The molecule has 0 saturated carbocycles. The van der Waals surface area contributed by atoms with E-state index in [0.717, 1.165) is 29.8 Å². The Bertz CT molecular complexity index is 546. The average Bonchev–Trinajstić information content (AvgIpc) is 2.33. The van der Waals surface area contributed by atoms with Gasteiger partial charge in [0.1, 0.15) is 5.82 Å². The molecule has 0 amide bonds. The number of hydrogen-bond acceptors (Lipinski definition) is 2. The minimum atomic E-state index is -0.444. The predicted molar refractivity (Wildman–Crippen MR) is 77.2 cm³/mol. The van der Waals surface area contributed by atoms with E-state index in [9.17, 15) is 9.18 Å². The van der Waals surface area contributed by atoms with Crippen molar-refractivity contribution in [3.8, 4) is 0 Å². The lowest BCUT2D eigenvalue weighted by atomic mass is 9.88. The van der Waals surface area contributed by atoms with Crippen LogP contribution in [0, 0.1) is 5.82 Å². The van der Waals surface area contributed by atoms with E-state index in [1.54, 1.807) is 6.07 Å². The fraction of sp³-hybridized carbons (Fsp3) is 0.438. The number of hydrogen-bond donors (Lipinski definition) is 0. The molecule has 0 unspecified atom stereocenters. The molecule has 0 bridgehead atoms. The number of carbonyl (C=O) groups excluding carboxylic acids is 1. The molecule has 0 radical (unpaired) electrons. The topological polar surface area (TPSA) is 20.3 Å². The molecule has 1 aromatic carbocycles. The molecule has 0 fully saturated rings. The highest BCUT2D eigenvalue weighted by atomic mass is 19.1. The molecular weight excluding hydrogens is 241 g/mol. The van der Waals surface area contributed by atoms with Crippen LogP contribution < -0.4 is 4.90 Å². The van der Waals surface area contributed by atoms with Crippen LogP contribution >= 0.6 is 0 Å². The second kappa shape index (κ2) is 4.80. The van der Waals surface area contributed by atoms with Gasteiger partial charge in [-0.3, -0.25) is 4.79 Å². The Labute approximate surface area is 113 Å². The summed E-state index contributed by atoms with van der Waals surface area (Å²) >= 11 is 0. The minimum absolute atomic E-state index is 0.127. The van der Waals surface area contributed by atoms with Crippen LogP contribution in [0.25, 0.3) is 5.57 Å². The Balaban J connectivity index is 2.65. The summed E-state index contributed by atoms with van der Waals surface area (Å²) in [7, 11) is 0.